The van der Waals surface area contributed by atoms with Crippen molar-refractivity contribution in [2.75, 3.05) is 6.79 Å². The topological polar surface area (TPSA) is 72.4 Å². The van der Waals surface area contributed by atoms with Crippen molar-refractivity contribution < 1.29 is 9.47 Å². The minimum absolute atomic E-state index is 0.231. The van der Waals surface area contributed by atoms with Gasteiger partial charge in [-0.2, -0.15) is 14.9 Å². The largest absolute Gasteiger partial charge is 0.454 e. The SMILES string of the molecule is N#Cc1c(-c2ccc3c(c2)OCO3)nc2sc(C3CCC3)nn12. The Bertz CT molecular complexity index is 965. The van der Waals surface area contributed by atoms with Crippen molar-refractivity contribution in [1.82, 2.24) is 14.6 Å². The molecule has 0 amide bonds. The van der Waals surface area contributed by atoms with E-state index in [0.29, 0.717) is 23.1 Å². The van der Waals surface area contributed by atoms with E-state index in [-0.39, 0.29) is 6.79 Å². The van der Waals surface area contributed by atoms with Gasteiger partial charge in [0.05, 0.1) is 0 Å². The Balaban J connectivity index is 1.63. The molecule has 1 fully saturated rings. The van der Waals surface area contributed by atoms with Gasteiger partial charge in [-0.15, -0.1) is 0 Å². The third-order valence-electron chi connectivity index (χ3n) is 4.43. The normalized spacial score (nSPS) is 16.5. The van der Waals surface area contributed by atoms with Gasteiger partial charge in [0.2, 0.25) is 11.8 Å². The molecule has 23 heavy (non-hydrogen) atoms. The zero-order valence-electron chi connectivity index (χ0n) is 12.2. The molecule has 1 aromatic carbocycles. The molecule has 6 nitrogen and oxygen atoms in total. The highest BCUT2D eigenvalue weighted by Gasteiger charge is 2.26. The van der Waals surface area contributed by atoms with Gasteiger partial charge in [0.1, 0.15) is 16.8 Å². The summed E-state index contributed by atoms with van der Waals surface area (Å²) in [6.07, 6.45) is 3.64. The summed E-state index contributed by atoms with van der Waals surface area (Å²) in [4.78, 5) is 5.41. The highest BCUT2D eigenvalue weighted by Crippen LogP contribution is 2.40. The lowest BCUT2D eigenvalue weighted by Gasteiger charge is -2.21. The number of hydrogen-bond donors (Lipinski definition) is 0. The summed E-state index contributed by atoms with van der Waals surface area (Å²) in [7, 11) is 0. The summed E-state index contributed by atoms with van der Waals surface area (Å²) < 4.78 is 12.4. The number of imidazole rings is 1. The fourth-order valence-electron chi connectivity index (χ4n) is 2.93. The highest BCUT2D eigenvalue weighted by atomic mass is 32.1. The van der Waals surface area contributed by atoms with E-state index in [4.69, 9.17) is 9.47 Å². The van der Waals surface area contributed by atoms with Gasteiger partial charge in [0.25, 0.3) is 0 Å². The minimum Gasteiger partial charge on any atom is -0.454 e. The molecular weight excluding hydrogens is 312 g/mol. The lowest BCUT2D eigenvalue weighted by molar-refractivity contribution is 0.174. The van der Waals surface area contributed by atoms with E-state index < -0.39 is 0 Å². The average Bonchev–Trinajstić information content (AvgIpc) is 3.17. The van der Waals surface area contributed by atoms with Crippen molar-refractivity contribution in [2.45, 2.75) is 25.2 Å². The Morgan fingerprint density at radius 2 is 2.13 bits per heavy atom. The first kappa shape index (κ1) is 12.9. The quantitative estimate of drug-likeness (QED) is 0.723. The van der Waals surface area contributed by atoms with Gasteiger partial charge in [-0.25, -0.2) is 4.98 Å². The molecule has 0 atom stereocenters. The molecule has 1 aliphatic carbocycles. The number of fused-ring (bicyclic) bond motifs is 2. The fourth-order valence-corrected chi connectivity index (χ4v) is 4.00. The van der Waals surface area contributed by atoms with E-state index in [1.165, 1.54) is 19.3 Å². The molecule has 5 rings (SSSR count). The Morgan fingerprint density at radius 3 is 2.91 bits per heavy atom. The number of aromatic nitrogens is 3. The van der Waals surface area contributed by atoms with Crippen LogP contribution in [0.2, 0.25) is 0 Å². The van der Waals surface area contributed by atoms with Gasteiger partial charge >= 0.3 is 0 Å². The lowest BCUT2D eigenvalue weighted by atomic mass is 9.86. The van der Waals surface area contributed by atoms with E-state index in [0.717, 1.165) is 21.3 Å². The number of nitriles is 1. The molecule has 3 aromatic rings. The number of nitrogens with zero attached hydrogens (tertiary/aromatic N) is 4. The lowest BCUT2D eigenvalue weighted by Crippen LogP contribution is -2.08. The summed E-state index contributed by atoms with van der Waals surface area (Å²) in [6, 6.07) is 7.85. The smallest absolute Gasteiger partial charge is 0.231 e. The number of ether oxygens (including phenoxy) is 2. The van der Waals surface area contributed by atoms with Crippen molar-refractivity contribution in [1.29, 1.82) is 5.26 Å². The van der Waals surface area contributed by atoms with Gasteiger partial charge in [0, 0.05) is 11.5 Å². The zero-order chi connectivity index (χ0) is 15.4. The van der Waals surface area contributed by atoms with Crippen LogP contribution >= 0.6 is 11.3 Å². The van der Waals surface area contributed by atoms with Crippen molar-refractivity contribution in [3.05, 3.63) is 28.9 Å². The molecular formula is C16H12N4O2S. The number of rotatable bonds is 2. The standard InChI is InChI=1S/C16H12N4O2S/c17-7-11-14(10-4-5-12-13(6-10)22-8-21-12)18-16-20(11)19-15(23-16)9-2-1-3-9/h4-6,9H,1-3,8H2. The third-order valence-corrected chi connectivity index (χ3v) is 5.50. The molecule has 1 saturated carbocycles. The molecule has 1 aliphatic heterocycles. The summed E-state index contributed by atoms with van der Waals surface area (Å²) in [6.45, 7) is 0.231. The first-order valence-electron chi connectivity index (χ1n) is 7.53. The van der Waals surface area contributed by atoms with Gasteiger partial charge in [0.15, 0.2) is 17.2 Å². The molecule has 2 aromatic heterocycles. The van der Waals surface area contributed by atoms with E-state index in [2.05, 4.69) is 16.2 Å². The predicted octanol–water partition coefficient (Wildman–Crippen LogP) is 3.33. The van der Waals surface area contributed by atoms with Crippen LogP contribution in [0.15, 0.2) is 18.2 Å². The van der Waals surface area contributed by atoms with E-state index in [1.807, 2.05) is 18.2 Å². The predicted molar refractivity (Wildman–Crippen MR) is 83.7 cm³/mol. The van der Waals surface area contributed by atoms with Crippen molar-refractivity contribution in [3.8, 4) is 28.8 Å². The van der Waals surface area contributed by atoms with Crippen LogP contribution < -0.4 is 9.47 Å². The minimum atomic E-state index is 0.231. The maximum absolute atomic E-state index is 9.58. The van der Waals surface area contributed by atoms with Crippen LogP contribution in [-0.4, -0.2) is 21.4 Å². The van der Waals surface area contributed by atoms with E-state index >= 15 is 0 Å². The second kappa shape index (κ2) is 4.70. The van der Waals surface area contributed by atoms with Crippen LogP contribution in [0, 0.1) is 11.3 Å². The Kier molecular flexibility index (Phi) is 2.64. The molecule has 0 saturated heterocycles. The summed E-state index contributed by atoms with van der Waals surface area (Å²) >= 11 is 1.59. The van der Waals surface area contributed by atoms with Crippen molar-refractivity contribution in [3.63, 3.8) is 0 Å². The van der Waals surface area contributed by atoms with Gasteiger partial charge in [-0.1, -0.05) is 17.8 Å². The number of benzene rings is 1. The monoisotopic (exact) mass is 324 g/mol. The first-order chi connectivity index (χ1) is 11.3. The average molecular weight is 324 g/mol. The molecule has 0 radical (unpaired) electrons. The second-order valence-corrected chi connectivity index (χ2v) is 6.74. The maximum atomic E-state index is 9.58. The molecule has 0 unspecified atom stereocenters. The van der Waals surface area contributed by atoms with E-state index in [9.17, 15) is 5.26 Å². The molecule has 0 spiro atoms. The Morgan fingerprint density at radius 1 is 1.26 bits per heavy atom. The van der Waals surface area contributed by atoms with Crippen LogP contribution in [-0.2, 0) is 0 Å². The summed E-state index contributed by atoms with van der Waals surface area (Å²) in [5.41, 5.74) is 1.96. The molecule has 7 heteroatoms. The van der Waals surface area contributed by atoms with Crippen LogP contribution in [0.3, 0.4) is 0 Å². The summed E-state index contributed by atoms with van der Waals surface area (Å²) in [5, 5.41) is 15.3. The van der Waals surface area contributed by atoms with Gasteiger partial charge in [-0.3, -0.25) is 0 Å². The fraction of sp³-hybridized carbons (Fsp3) is 0.312. The number of hydrogen-bond acceptors (Lipinski definition) is 6. The Hall–Kier alpha value is -2.59. The molecule has 0 N–H and O–H groups in total. The molecule has 114 valence electrons. The second-order valence-electron chi connectivity index (χ2n) is 5.75. The molecule has 2 aliphatic rings. The summed E-state index contributed by atoms with van der Waals surface area (Å²) in [5.74, 6) is 1.95. The van der Waals surface area contributed by atoms with Crippen LogP contribution in [0.5, 0.6) is 11.5 Å². The first-order valence-corrected chi connectivity index (χ1v) is 8.35. The molecule has 3 heterocycles. The van der Waals surface area contributed by atoms with Crippen LogP contribution in [0.1, 0.15) is 35.9 Å². The van der Waals surface area contributed by atoms with Crippen LogP contribution in [0.25, 0.3) is 16.2 Å². The third kappa shape index (κ3) is 1.85. The van der Waals surface area contributed by atoms with Crippen molar-refractivity contribution in [2.24, 2.45) is 0 Å². The molecule has 0 bridgehead atoms. The Labute approximate surface area is 135 Å². The zero-order valence-corrected chi connectivity index (χ0v) is 13.0. The highest BCUT2D eigenvalue weighted by molar-refractivity contribution is 7.16. The maximum Gasteiger partial charge on any atom is 0.231 e. The van der Waals surface area contributed by atoms with Gasteiger partial charge < -0.3 is 9.47 Å². The van der Waals surface area contributed by atoms with E-state index in [1.54, 1.807) is 15.9 Å². The van der Waals surface area contributed by atoms with Crippen molar-refractivity contribution >= 4 is 16.3 Å². The van der Waals surface area contributed by atoms with Gasteiger partial charge in [-0.05, 0) is 31.0 Å². The van der Waals surface area contributed by atoms with Crippen LogP contribution in [0.4, 0.5) is 0 Å².